The minimum Gasteiger partial charge on any atom is -0.444 e. The van der Waals surface area contributed by atoms with Gasteiger partial charge in [0.2, 0.25) is 5.89 Å². The van der Waals surface area contributed by atoms with Crippen LogP contribution < -0.4 is 0 Å². The fraction of sp³-hybridized carbons (Fsp3) is 0.368. The van der Waals surface area contributed by atoms with E-state index in [2.05, 4.69) is 15.0 Å². The lowest BCUT2D eigenvalue weighted by atomic mass is 9.99. The molecule has 1 aliphatic rings. The first-order chi connectivity index (χ1) is 11.8. The van der Waals surface area contributed by atoms with Crippen LogP contribution in [0, 0.1) is 6.92 Å². The van der Waals surface area contributed by atoms with Crippen molar-refractivity contribution in [2.75, 3.05) is 6.54 Å². The molecule has 0 radical (unpaired) electrons. The largest absolute Gasteiger partial charge is 0.444 e. The number of aromatic nitrogens is 2. The third-order valence-corrected chi connectivity index (χ3v) is 4.54. The van der Waals surface area contributed by atoms with Crippen LogP contribution >= 0.6 is 0 Å². The lowest BCUT2D eigenvalue weighted by Gasteiger charge is -2.33. The van der Waals surface area contributed by atoms with E-state index in [-0.39, 0.29) is 0 Å². The van der Waals surface area contributed by atoms with Crippen LogP contribution in [0.1, 0.15) is 42.5 Å². The van der Waals surface area contributed by atoms with Crippen molar-refractivity contribution in [3.63, 3.8) is 0 Å². The molecule has 3 aromatic rings. The molecular formula is C19H21N3O2. The SMILES string of the molecule is Cc1cc([C@H]2CCCCN2Cc2coc(-c3ccccc3)n2)no1. The Kier molecular flexibility index (Phi) is 4.17. The topological polar surface area (TPSA) is 55.3 Å². The fourth-order valence-corrected chi connectivity index (χ4v) is 3.36. The second-order valence-electron chi connectivity index (χ2n) is 6.35. The van der Waals surface area contributed by atoms with Crippen molar-refractivity contribution in [3.05, 3.63) is 59.8 Å². The van der Waals surface area contributed by atoms with Crippen LogP contribution in [0.4, 0.5) is 0 Å². The van der Waals surface area contributed by atoms with Gasteiger partial charge < -0.3 is 8.94 Å². The molecule has 1 aromatic carbocycles. The van der Waals surface area contributed by atoms with E-state index in [0.717, 1.165) is 42.2 Å². The van der Waals surface area contributed by atoms with Gasteiger partial charge in [0.05, 0.1) is 11.7 Å². The number of likely N-dealkylation sites (tertiary alicyclic amines) is 1. The fourth-order valence-electron chi connectivity index (χ4n) is 3.36. The summed E-state index contributed by atoms with van der Waals surface area (Å²) in [4.78, 5) is 7.08. The zero-order valence-corrected chi connectivity index (χ0v) is 13.8. The van der Waals surface area contributed by atoms with E-state index in [0.29, 0.717) is 11.9 Å². The van der Waals surface area contributed by atoms with E-state index < -0.39 is 0 Å². The summed E-state index contributed by atoms with van der Waals surface area (Å²) in [6, 6.07) is 12.3. The quantitative estimate of drug-likeness (QED) is 0.714. The van der Waals surface area contributed by atoms with Gasteiger partial charge in [-0.15, -0.1) is 0 Å². The van der Waals surface area contributed by atoms with Gasteiger partial charge in [-0.2, -0.15) is 0 Å². The van der Waals surface area contributed by atoms with Crippen LogP contribution in [0.15, 0.2) is 51.6 Å². The van der Waals surface area contributed by atoms with Crippen LogP contribution in [-0.4, -0.2) is 21.6 Å². The number of rotatable bonds is 4. The van der Waals surface area contributed by atoms with Gasteiger partial charge in [-0.05, 0) is 38.4 Å². The Morgan fingerprint density at radius 3 is 2.88 bits per heavy atom. The van der Waals surface area contributed by atoms with Crippen molar-refractivity contribution in [2.45, 2.75) is 38.8 Å². The van der Waals surface area contributed by atoms with Crippen LogP contribution in [0.25, 0.3) is 11.5 Å². The van der Waals surface area contributed by atoms with Gasteiger partial charge >= 0.3 is 0 Å². The highest BCUT2D eigenvalue weighted by Crippen LogP contribution is 2.32. The number of nitrogens with zero attached hydrogens (tertiary/aromatic N) is 3. The van der Waals surface area contributed by atoms with Crippen molar-refractivity contribution in [3.8, 4) is 11.5 Å². The zero-order chi connectivity index (χ0) is 16.4. The van der Waals surface area contributed by atoms with Crippen molar-refractivity contribution in [1.29, 1.82) is 0 Å². The summed E-state index contributed by atoms with van der Waals surface area (Å²) in [6.45, 7) is 3.75. The number of piperidine rings is 1. The molecule has 1 fully saturated rings. The zero-order valence-electron chi connectivity index (χ0n) is 13.8. The lowest BCUT2D eigenvalue weighted by Crippen LogP contribution is -2.33. The van der Waals surface area contributed by atoms with E-state index in [1.54, 1.807) is 6.26 Å². The highest BCUT2D eigenvalue weighted by molar-refractivity contribution is 5.52. The standard InChI is InChI=1S/C19H21N3O2/c1-14-11-17(21-24-14)18-9-5-6-10-22(18)12-16-13-23-19(20-16)15-7-3-2-4-8-15/h2-4,7-8,11,13,18H,5-6,9-10,12H2,1H3/t18-/m1/s1. The highest BCUT2D eigenvalue weighted by atomic mass is 16.5. The number of hydrogen-bond donors (Lipinski definition) is 0. The minimum atomic E-state index is 0.299. The van der Waals surface area contributed by atoms with E-state index in [1.165, 1.54) is 12.8 Å². The molecule has 4 rings (SSSR count). The van der Waals surface area contributed by atoms with Crippen LogP contribution in [0.3, 0.4) is 0 Å². The van der Waals surface area contributed by atoms with Gasteiger partial charge in [0.15, 0.2) is 0 Å². The summed E-state index contributed by atoms with van der Waals surface area (Å²) in [5, 5.41) is 4.22. The highest BCUT2D eigenvalue weighted by Gasteiger charge is 2.27. The van der Waals surface area contributed by atoms with Crippen LogP contribution in [0.2, 0.25) is 0 Å². The summed E-state index contributed by atoms with van der Waals surface area (Å²) < 4.78 is 10.9. The van der Waals surface area contributed by atoms with Gasteiger partial charge in [-0.3, -0.25) is 4.90 Å². The van der Waals surface area contributed by atoms with E-state index in [4.69, 9.17) is 8.94 Å². The molecule has 2 aromatic heterocycles. The summed E-state index contributed by atoms with van der Waals surface area (Å²) >= 11 is 0. The second kappa shape index (κ2) is 6.61. The minimum absolute atomic E-state index is 0.299. The molecule has 5 nitrogen and oxygen atoms in total. The molecule has 1 saturated heterocycles. The van der Waals surface area contributed by atoms with Crippen molar-refractivity contribution in [2.24, 2.45) is 0 Å². The molecule has 124 valence electrons. The summed E-state index contributed by atoms with van der Waals surface area (Å²) in [5.41, 5.74) is 2.99. The molecule has 24 heavy (non-hydrogen) atoms. The molecule has 0 N–H and O–H groups in total. The Bertz CT molecular complexity index is 794. The van der Waals surface area contributed by atoms with Crippen molar-refractivity contribution in [1.82, 2.24) is 15.0 Å². The molecule has 0 unspecified atom stereocenters. The Morgan fingerprint density at radius 2 is 2.08 bits per heavy atom. The molecule has 1 aliphatic heterocycles. The molecule has 3 heterocycles. The molecule has 0 saturated carbocycles. The van der Waals surface area contributed by atoms with Gasteiger partial charge in [0.25, 0.3) is 0 Å². The number of oxazole rings is 1. The van der Waals surface area contributed by atoms with Gasteiger partial charge in [-0.25, -0.2) is 4.98 Å². The number of hydrogen-bond acceptors (Lipinski definition) is 5. The Balaban J connectivity index is 1.52. The lowest BCUT2D eigenvalue weighted by molar-refractivity contribution is 0.132. The predicted molar refractivity (Wildman–Crippen MR) is 90.2 cm³/mol. The molecule has 0 spiro atoms. The van der Waals surface area contributed by atoms with Crippen LogP contribution in [0.5, 0.6) is 0 Å². The van der Waals surface area contributed by atoms with E-state index >= 15 is 0 Å². The van der Waals surface area contributed by atoms with Gasteiger partial charge in [-0.1, -0.05) is 29.8 Å². The van der Waals surface area contributed by atoms with Crippen molar-refractivity contribution < 1.29 is 8.94 Å². The Labute approximate surface area is 141 Å². The second-order valence-corrected chi connectivity index (χ2v) is 6.35. The summed E-state index contributed by atoms with van der Waals surface area (Å²) in [5.74, 6) is 1.54. The molecule has 0 aliphatic carbocycles. The molecular weight excluding hydrogens is 302 g/mol. The summed E-state index contributed by atoms with van der Waals surface area (Å²) in [6.07, 6.45) is 5.30. The molecule has 1 atom stereocenters. The van der Waals surface area contributed by atoms with Gasteiger partial charge in [0.1, 0.15) is 17.7 Å². The molecule has 0 amide bonds. The van der Waals surface area contributed by atoms with Crippen molar-refractivity contribution >= 4 is 0 Å². The van der Waals surface area contributed by atoms with E-state index in [1.807, 2.05) is 43.3 Å². The normalized spacial score (nSPS) is 18.8. The van der Waals surface area contributed by atoms with E-state index in [9.17, 15) is 0 Å². The maximum absolute atomic E-state index is 5.67. The third-order valence-electron chi connectivity index (χ3n) is 4.54. The number of aryl methyl sites for hydroxylation is 1. The number of benzene rings is 1. The van der Waals surface area contributed by atoms with Crippen LogP contribution in [-0.2, 0) is 6.54 Å². The Hall–Kier alpha value is -2.40. The monoisotopic (exact) mass is 323 g/mol. The molecule has 0 bridgehead atoms. The Morgan fingerprint density at radius 1 is 1.21 bits per heavy atom. The maximum atomic E-state index is 5.67. The smallest absolute Gasteiger partial charge is 0.226 e. The first kappa shape index (κ1) is 15.1. The average molecular weight is 323 g/mol. The third kappa shape index (κ3) is 3.12. The predicted octanol–water partition coefficient (Wildman–Crippen LogP) is 4.37. The van der Waals surface area contributed by atoms with Gasteiger partial charge in [0, 0.05) is 18.2 Å². The summed E-state index contributed by atoms with van der Waals surface area (Å²) in [7, 11) is 0. The average Bonchev–Trinajstić information content (AvgIpc) is 3.25. The maximum Gasteiger partial charge on any atom is 0.226 e. The first-order valence-electron chi connectivity index (χ1n) is 8.47. The molecule has 5 heteroatoms. The first-order valence-corrected chi connectivity index (χ1v) is 8.47.